The van der Waals surface area contributed by atoms with Crippen LogP contribution in [0.5, 0.6) is 5.75 Å². The van der Waals surface area contributed by atoms with E-state index in [0.717, 1.165) is 0 Å². The number of aliphatic carboxylic acids is 1. The Morgan fingerprint density at radius 2 is 2.35 bits per heavy atom. The molecule has 0 radical (unpaired) electrons. The SMILES string of the molecule is C=CCNC(C)(C(=O)O)c1cccc(OC)c1. The van der Waals surface area contributed by atoms with Crippen molar-refractivity contribution in [1.82, 2.24) is 5.32 Å². The van der Waals surface area contributed by atoms with Crippen LogP contribution in [0.4, 0.5) is 0 Å². The van der Waals surface area contributed by atoms with Gasteiger partial charge in [0.15, 0.2) is 0 Å². The summed E-state index contributed by atoms with van der Waals surface area (Å²) >= 11 is 0. The van der Waals surface area contributed by atoms with Gasteiger partial charge < -0.3 is 9.84 Å². The molecule has 0 saturated heterocycles. The Hall–Kier alpha value is -1.81. The van der Waals surface area contributed by atoms with E-state index in [4.69, 9.17) is 4.74 Å². The van der Waals surface area contributed by atoms with Crippen molar-refractivity contribution < 1.29 is 14.6 Å². The predicted octanol–water partition coefficient (Wildman–Crippen LogP) is 1.77. The number of methoxy groups -OCH3 is 1. The molecule has 1 unspecified atom stereocenters. The molecule has 4 nitrogen and oxygen atoms in total. The van der Waals surface area contributed by atoms with E-state index in [2.05, 4.69) is 11.9 Å². The number of nitrogens with one attached hydrogen (secondary N) is 1. The van der Waals surface area contributed by atoms with Gasteiger partial charge in [0.25, 0.3) is 0 Å². The van der Waals surface area contributed by atoms with Crippen molar-refractivity contribution in [2.24, 2.45) is 0 Å². The highest BCUT2D eigenvalue weighted by Gasteiger charge is 2.34. The summed E-state index contributed by atoms with van der Waals surface area (Å²) in [6.45, 7) is 5.61. The fraction of sp³-hybridized carbons (Fsp3) is 0.308. The molecule has 0 amide bonds. The molecule has 0 aromatic heterocycles. The first-order valence-corrected chi connectivity index (χ1v) is 5.28. The summed E-state index contributed by atoms with van der Waals surface area (Å²) in [6.07, 6.45) is 1.63. The summed E-state index contributed by atoms with van der Waals surface area (Å²) < 4.78 is 5.09. The highest BCUT2D eigenvalue weighted by atomic mass is 16.5. The zero-order valence-electron chi connectivity index (χ0n) is 10.1. The van der Waals surface area contributed by atoms with E-state index in [0.29, 0.717) is 17.9 Å². The van der Waals surface area contributed by atoms with Gasteiger partial charge in [-0.3, -0.25) is 5.32 Å². The number of carbonyl (C=O) groups is 1. The third-order valence-electron chi connectivity index (χ3n) is 2.67. The van der Waals surface area contributed by atoms with Crippen molar-refractivity contribution in [2.45, 2.75) is 12.5 Å². The van der Waals surface area contributed by atoms with E-state index in [1.807, 2.05) is 0 Å². The van der Waals surface area contributed by atoms with Gasteiger partial charge in [-0.15, -0.1) is 6.58 Å². The largest absolute Gasteiger partial charge is 0.497 e. The lowest BCUT2D eigenvalue weighted by Gasteiger charge is -2.26. The van der Waals surface area contributed by atoms with Crippen molar-refractivity contribution >= 4 is 5.97 Å². The van der Waals surface area contributed by atoms with Gasteiger partial charge in [-0.05, 0) is 24.6 Å². The normalized spacial score (nSPS) is 13.8. The van der Waals surface area contributed by atoms with Gasteiger partial charge in [0.05, 0.1) is 7.11 Å². The monoisotopic (exact) mass is 235 g/mol. The molecular weight excluding hydrogens is 218 g/mol. The van der Waals surface area contributed by atoms with E-state index < -0.39 is 11.5 Å². The number of carboxylic acid groups (broad SMARTS) is 1. The lowest BCUT2D eigenvalue weighted by molar-refractivity contribution is -0.144. The molecule has 2 N–H and O–H groups in total. The minimum atomic E-state index is -1.15. The second kappa shape index (κ2) is 5.50. The van der Waals surface area contributed by atoms with Gasteiger partial charge in [-0.25, -0.2) is 4.79 Å². The van der Waals surface area contributed by atoms with Gasteiger partial charge in [-0.2, -0.15) is 0 Å². The summed E-state index contributed by atoms with van der Waals surface area (Å²) in [7, 11) is 1.55. The molecule has 1 aromatic rings. The van der Waals surface area contributed by atoms with Gasteiger partial charge in [-0.1, -0.05) is 18.2 Å². The lowest BCUT2D eigenvalue weighted by Crippen LogP contribution is -2.46. The Bertz CT molecular complexity index is 417. The first-order valence-electron chi connectivity index (χ1n) is 5.28. The Kier molecular flexibility index (Phi) is 4.29. The number of hydrogen-bond donors (Lipinski definition) is 2. The van der Waals surface area contributed by atoms with Crippen molar-refractivity contribution in [1.29, 1.82) is 0 Å². The number of hydrogen-bond acceptors (Lipinski definition) is 3. The molecule has 0 saturated carbocycles. The van der Waals surface area contributed by atoms with Crippen molar-refractivity contribution in [3.05, 3.63) is 42.5 Å². The lowest BCUT2D eigenvalue weighted by atomic mass is 9.92. The first-order chi connectivity index (χ1) is 8.04. The second-order valence-electron chi connectivity index (χ2n) is 3.83. The zero-order chi connectivity index (χ0) is 12.9. The average Bonchev–Trinajstić information content (AvgIpc) is 2.35. The second-order valence-corrected chi connectivity index (χ2v) is 3.83. The van der Waals surface area contributed by atoms with Crippen molar-refractivity contribution in [2.75, 3.05) is 13.7 Å². The van der Waals surface area contributed by atoms with Crippen LogP contribution in [0.25, 0.3) is 0 Å². The Morgan fingerprint density at radius 3 is 2.88 bits per heavy atom. The molecular formula is C13H17NO3. The van der Waals surface area contributed by atoms with Gasteiger partial charge >= 0.3 is 5.97 Å². The fourth-order valence-corrected chi connectivity index (χ4v) is 1.51. The maximum atomic E-state index is 11.4. The van der Waals surface area contributed by atoms with Gasteiger partial charge in [0, 0.05) is 6.54 Å². The van der Waals surface area contributed by atoms with Crippen LogP contribution in [-0.2, 0) is 10.3 Å². The molecule has 0 spiro atoms. The van der Waals surface area contributed by atoms with Crippen LogP contribution in [0.2, 0.25) is 0 Å². The minimum Gasteiger partial charge on any atom is -0.497 e. The molecule has 0 bridgehead atoms. The molecule has 1 aromatic carbocycles. The van der Waals surface area contributed by atoms with E-state index in [9.17, 15) is 9.90 Å². The summed E-state index contributed by atoms with van der Waals surface area (Å²) in [5, 5.41) is 12.3. The molecule has 92 valence electrons. The third-order valence-corrected chi connectivity index (χ3v) is 2.67. The predicted molar refractivity (Wildman–Crippen MR) is 66.2 cm³/mol. The standard InChI is InChI=1S/C13H17NO3/c1-4-8-14-13(2,12(15)16)10-6-5-7-11(9-10)17-3/h4-7,9,14H,1,8H2,2-3H3,(H,15,16). The zero-order valence-corrected chi connectivity index (χ0v) is 10.1. The number of ether oxygens (including phenoxy) is 1. The third kappa shape index (κ3) is 2.85. The summed E-state index contributed by atoms with van der Waals surface area (Å²) in [5.41, 5.74) is -0.505. The van der Waals surface area contributed by atoms with Crippen LogP contribution in [0, 0.1) is 0 Å². The van der Waals surface area contributed by atoms with Gasteiger partial charge in [0.2, 0.25) is 0 Å². The first kappa shape index (κ1) is 13.3. The van der Waals surface area contributed by atoms with E-state index in [1.54, 1.807) is 44.4 Å². The van der Waals surface area contributed by atoms with E-state index in [-0.39, 0.29) is 0 Å². The molecule has 4 heteroatoms. The highest BCUT2D eigenvalue weighted by Crippen LogP contribution is 2.24. The van der Waals surface area contributed by atoms with Crippen LogP contribution < -0.4 is 10.1 Å². The van der Waals surface area contributed by atoms with E-state index in [1.165, 1.54) is 0 Å². The van der Waals surface area contributed by atoms with Crippen LogP contribution in [0.15, 0.2) is 36.9 Å². The Morgan fingerprint density at radius 1 is 1.65 bits per heavy atom. The van der Waals surface area contributed by atoms with Gasteiger partial charge in [0.1, 0.15) is 11.3 Å². The smallest absolute Gasteiger partial charge is 0.328 e. The number of carboxylic acids is 1. The van der Waals surface area contributed by atoms with Crippen molar-refractivity contribution in [3.8, 4) is 5.75 Å². The molecule has 17 heavy (non-hydrogen) atoms. The molecule has 1 rings (SSSR count). The van der Waals surface area contributed by atoms with Crippen LogP contribution >= 0.6 is 0 Å². The maximum Gasteiger partial charge on any atom is 0.328 e. The molecule has 0 fully saturated rings. The van der Waals surface area contributed by atoms with E-state index >= 15 is 0 Å². The highest BCUT2D eigenvalue weighted by molar-refractivity contribution is 5.80. The molecule has 0 aliphatic heterocycles. The van der Waals surface area contributed by atoms with Crippen molar-refractivity contribution in [3.63, 3.8) is 0 Å². The quantitative estimate of drug-likeness (QED) is 0.738. The summed E-state index contributed by atoms with van der Waals surface area (Å²) in [5.74, 6) is -0.303. The minimum absolute atomic E-state index is 0.417. The van der Waals surface area contributed by atoms with Crippen LogP contribution in [0.1, 0.15) is 12.5 Å². The molecule has 1 atom stereocenters. The number of benzene rings is 1. The van der Waals surface area contributed by atoms with Crippen LogP contribution in [-0.4, -0.2) is 24.7 Å². The Balaban J connectivity index is 3.12. The maximum absolute atomic E-state index is 11.4. The molecule has 0 aliphatic carbocycles. The molecule has 0 aliphatic rings. The summed E-state index contributed by atoms with van der Waals surface area (Å²) in [6, 6.07) is 7.02. The fourth-order valence-electron chi connectivity index (χ4n) is 1.51. The average molecular weight is 235 g/mol. The topological polar surface area (TPSA) is 58.6 Å². The van der Waals surface area contributed by atoms with Crippen LogP contribution in [0.3, 0.4) is 0 Å². The summed E-state index contributed by atoms with van der Waals surface area (Å²) in [4.78, 5) is 11.4. The molecule has 0 heterocycles. The Labute approximate surface area is 101 Å². The number of rotatable bonds is 6.